The Bertz CT molecular complexity index is 152. The Kier molecular flexibility index (Phi) is 13.3. The van der Waals surface area contributed by atoms with Crippen LogP contribution >= 0.6 is 0 Å². The van der Waals surface area contributed by atoms with Gasteiger partial charge in [0.2, 0.25) is 0 Å². The van der Waals surface area contributed by atoms with E-state index in [4.69, 9.17) is 0 Å². The lowest BCUT2D eigenvalue weighted by Crippen LogP contribution is -2.28. The molecule has 114 valence electrons. The van der Waals surface area contributed by atoms with Crippen LogP contribution in [0.2, 0.25) is 0 Å². The zero-order chi connectivity index (χ0) is 15.6. The Hall–Kier alpha value is -0.420. The van der Waals surface area contributed by atoms with Crippen molar-refractivity contribution in [1.82, 2.24) is 0 Å². The van der Waals surface area contributed by atoms with E-state index in [1.54, 1.807) is 0 Å². The molecule has 0 aromatic carbocycles. The molecule has 18 heavy (non-hydrogen) atoms. The molecule has 0 spiro atoms. The number of hydrogen-bond donors (Lipinski definition) is 0. The molecule has 2 unspecified atom stereocenters. The lowest BCUT2D eigenvalue weighted by atomic mass is 9.96. The van der Waals surface area contributed by atoms with E-state index in [1.165, 1.54) is 6.42 Å². The molecule has 0 radical (unpaired) electrons. The molecule has 0 saturated heterocycles. The van der Waals surface area contributed by atoms with Crippen LogP contribution in [0.4, 0.5) is 26.3 Å². The predicted molar refractivity (Wildman–Crippen MR) is 62.4 cm³/mol. The van der Waals surface area contributed by atoms with Crippen molar-refractivity contribution in [2.75, 3.05) is 0 Å². The first-order valence-electron chi connectivity index (χ1n) is 6.10. The minimum atomic E-state index is -4.54. The van der Waals surface area contributed by atoms with Crippen LogP contribution in [0.25, 0.3) is 0 Å². The van der Waals surface area contributed by atoms with E-state index in [1.807, 2.05) is 13.8 Å². The molecule has 0 N–H and O–H groups in total. The highest BCUT2D eigenvalue weighted by Gasteiger charge is 2.43. The maximum atomic E-state index is 11.8. The van der Waals surface area contributed by atoms with Crippen molar-refractivity contribution in [1.29, 1.82) is 0 Å². The molecule has 0 amide bonds. The highest BCUT2D eigenvalue weighted by molar-refractivity contribution is 4.70. The largest absolute Gasteiger partial charge is 0.391 e. The molecule has 0 fully saturated rings. The van der Waals surface area contributed by atoms with Crippen LogP contribution in [-0.2, 0) is 0 Å². The predicted octanol–water partition coefficient (Wildman–Crippen LogP) is 6.22. The number of alkyl halides is 6. The van der Waals surface area contributed by atoms with Gasteiger partial charge in [0.15, 0.2) is 0 Å². The minimum absolute atomic E-state index is 0.752. The van der Waals surface area contributed by atoms with Crippen LogP contribution in [0.15, 0.2) is 0 Å². The fourth-order valence-corrected chi connectivity index (χ4v) is 0.798. The maximum absolute atomic E-state index is 11.8. The van der Waals surface area contributed by atoms with Gasteiger partial charge in [-0.1, -0.05) is 48.0 Å². The van der Waals surface area contributed by atoms with Gasteiger partial charge in [0, 0.05) is 0 Å². The molecule has 2 atom stereocenters. The Morgan fingerprint density at radius 1 is 0.722 bits per heavy atom. The number of rotatable bonds is 2. The third-order valence-corrected chi connectivity index (χ3v) is 1.82. The zero-order valence-corrected chi connectivity index (χ0v) is 11.8. The highest BCUT2D eigenvalue weighted by atomic mass is 19.4. The van der Waals surface area contributed by atoms with Crippen LogP contribution in [0.5, 0.6) is 0 Å². The van der Waals surface area contributed by atoms with Gasteiger partial charge >= 0.3 is 12.4 Å². The quantitative estimate of drug-likeness (QED) is 0.528. The first kappa shape index (κ1) is 22.7. The summed E-state index contributed by atoms with van der Waals surface area (Å²) in [4.78, 5) is 0. The van der Waals surface area contributed by atoms with E-state index in [2.05, 4.69) is 13.8 Å². The average molecular weight is 282 g/mol. The topological polar surface area (TPSA) is 0 Å². The van der Waals surface area contributed by atoms with Crippen molar-refractivity contribution in [3.8, 4) is 0 Å². The molecule has 0 aromatic heterocycles. The smallest absolute Gasteiger partial charge is 0.171 e. The summed E-state index contributed by atoms with van der Waals surface area (Å²) in [5.41, 5.74) is 0. The molecule has 0 heterocycles. The van der Waals surface area contributed by atoms with E-state index in [9.17, 15) is 26.3 Å². The van der Waals surface area contributed by atoms with Crippen LogP contribution in [0.1, 0.15) is 54.4 Å². The average Bonchev–Trinajstić information content (AvgIpc) is 2.19. The minimum Gasteiger partial charge on any atom is -0.171 e. The molecular formula is C12H24F6. The van der Waals surface area contributed by atoms with Crippen molar-refractivity contribution in [2.24, 2.45) is 11.8 Å². The highest BCUT2D eigenvalue weighted by Crippen LogP contribution is 2.36. The third-order valence-electron chi connectivity index (χ3n) is 1.82. The van der Waals surface area contributed by atoms with Gasteiger partial charge in [0.05, 0.1) is 11.8 Å². The van der Waals surface area contributed by atoms with E-state index < -0.39 is 30.6 Å². The van der Waals surface area contributed by atoms with E-state index in [0.717, 1.165) is 13.8 Å². The number of hydrogen-bond acceptors (Lipinski definition) is 0. The Balaban J connectivity index is -0.000000389. The molecule has 0 bridgehead atoms. The molecule has 6 heteroatoms. The van der Waals surface area contributed by atoms with Gasteiger partial charge < -0.3 is 0 Å². The van der Waals surface area contributed by atoms with Crippen LogP contribution < -0.4 is 0 Å². The lowest BCUT2D eigenvalue weighted by molar-refractivity contribution is -0.203. The van der Waals surface area contributed by atoms with Crippen molar-refractivity contribution < 1.29 is 26.3 Å². The van der Waals surface area contributed by atoms with Gasteiger partial charge in [-0.2, -0.15) is 26.3 Å². The summed E-state index contributed by atoms with van der Waals surface area (Å²) >= 11 is 0. The van der Waals surface area contributed by atoms with Gasteiger partial charge in [-0.05, 0) is 6.42 Å². The second kappa shape index (κ2) is 10.5. The molecular weight excluding hydrogens is 258 g/mol. The maximum Gasteiger partial charge on any atom is 0.391 e. The zero-order valence-electron chi connectivity index (χ0n) is 11.8. The SMILES string of the molecule is CC.CC(CC(C)C(F)(F)F)C(F)(F)F.CCC. The standard InChI is InChI=1S/C7H10F6.C3H8.C2H6/c1-4(6(8,9)10)3-5(2)7(11,12)13;1-3-2;1-2/h4-5H,3H2,1-2H3;3H2,1-2H3;1-2H3. The molecule has 0 aliphatic rings. The van der Waals surface area contributed by atoms with Crippen molar-refractivity contribution in [2.45, 2.75) is 66.7 Å². The summed E-state index contributed by atoms with van der Waals surface area (Å²) in [6.45, 7) is 9.75. The van der Waals surface area contributed by atoms with Gasteiger partial charge in [-0.25, -0.2) is 0 Å². The molecule has 0 aliphatic heterocycles. The molecule has 0 saturated carbocycles. The van der Waals surface area contributed by atoms with Gasteiger partial charge in [0.25, 0.3) is 0 Å². The Morgan fingerprint density at radius 2 is 0.889 bits per heavy atom. The first-order chi connectivity index (χ1) is 7.96. The molecule has 0 aliphatic carbocycles. The normalized spacial score (nSPS) is 14.7. The Morgan fingerprint density at radius 3 is 1.00 bits per heavy atom. The second-order valence-electron chi connectivity index (χ2n) is 3.83. The summed E-state index contributed by atoms with van der Waals surface area (Å²) in [6, 6.07) is 0. The first-order valence-corrected chi connectivity index (χ1v) is 6.10. The molecule has 0 aromatic rings. The summed E-state index contributed by atoms with van der Waals surface area (Å²) in [6.07, 6.45) is -8.74. The lowest BCUT2D eigenvalue weighted by Gasteiger charge is -2.21. The summed E-state index contributed by atoms with van der Waals surface area (Å²) in [5, 5.41) is 0. The van der Waals surface area contributed by atoms with Crippen molar-refractivity contribution in [3.05, 3.63) is 0 Å². The van der Waals surface area contributed by atoms with Crippen LogP contribution in [0, 0.1) is 11.8 Å². The van der Waals surface area contributed by atoms with Crippen molar-refractivity contribution in [3.63, 3.8) is 0 Å². The second-order valence-corrected chi connectivity index (χ2v) is 3.83. The monoisotopic (exact) mass is 282 g/mol. The third kappa shape index (κ3) is 13.6. The van der Waals surface area contributed by atoms with Gasteiger partial charge in [0.1, 0.15) is 0 Å². The van der Waals surface area contributed by atoms with E-state index in [-0.39, 0.29) is 0 Å². The molecule has 0 rings (SSSR count). The summed E-state index contributed by atoms with van der Waals surface area (Å²) in [7, 11) is 0. The van der Waals surface area contributed by atoms with E-state index in [0.29, 0.717) is 0 Å². The van der Waals surface area contributed by atoms with Gasteiger partial charge in [-0.3, -0.25) is 0 Å². The van der Waals surface area contributed by atoms with Crippen LogP contribution in [-0.4, -0.2) is 12.4 Å². The number of halogens is 6. The van der Waals surface area contributed by atoms with E-state index >= 15 is 0 Å². The van der Waals surface area contributed by atoms with Crippen LogP contribution in [0.3, 0.4) is 0 Å². The Labute approximate surface area is 106 Å². The van der Waals surface area contributed by atoms with Crippen molar-refractivity contribution >= 4 is 0 Å². The molecule has 0 nitrogen and oxygen atoms in total. The summed E-state index contributed by atoms with van der Waals surface area (Å²) in [5.74, 6) is -3.83. The fraction of sp³-hybridized carbons (Fsp3) is 1.00. The fourth-order valence-electron chi connectivity index (χ4n) is 0.798. The van der Waals surface area contributed by atoms with Gasteiger partial charge in [-0.15, -0.1) is 0 Å². The summed E-state index contributed by atoms with van der Waals surface area (Å²) < 4.78 is 71.0.